The fraction of sp³-hybridized carbons (Fsp3) is 0.526. The summed E-state index contributed by atoms with van der Waals surface area (Å²) in [5.41, 5.74) is 0.915. The Kier molecular flexibility index (Phi) is 5.11. The molecule has 0 aliphatic carbocycles. The van der Waals surface area contributed by atoms with Crippen molar-refractivity contribution in [1.82, 2.24) is 9.88 Å². The van der Waals surface area contributed by atoms with Gasteiger partial charge in [0.15, 0.2) is 5.89 Å². The Hall–Kier alpha value is -1.68. The van der Waals surface area contributed by atoms with Crippen molar-refractivity contribution in [2.24, 2.45) is 5.92 Å². The maximum Gasteiger partial charge on any atom is 0.198 e. The first-order valence-electron chi connectivity index (χ1n) is 8.51. The Balaban J connectivity index is 1.64. The van der Waals surface area contributed by atoms with Crippen molar-refractivity contribution < 1.29 is 8.81 Å². The van der Waals surface area contributed by atoms with Crippen LogP contribution in [0.15, 0.2) is 34.9 Å². The van der Waals surface area contributed by atoms with Crippen LogP contribution in [0.4, 0.5) is 4.39 Å². The number of oxazole rings is 1. The summed E-state index contributed by atoms with van der Waals surface area (Å²) in [6.07, 6.45) is 4.71. The fourth-order valence-electron chi connectivity index (χ4n) is 3.38. The molecule has 124 valence electrons. The summed E-state index contributed by atoms with van der Waals surface area (Å²) in [5.74, 6) is 2.50. The molecule has 0 bridgehead atoms. The van der Waals surface area contributed by atoms with Crippen LogP contribution in [-0.4, -0.2) is 29.5 Å². The van der Waals surface area contributed by atoms with Crippen molar-refractivity contribution >= 4 is 0 Å². The molecule has 2 heterocycles. The number of benzene rings is 1. The van der Waals surface area contributed by atoms with Gasteiger partial charge in [0.25, 0.3) is 0 Å². The van der Waals surface area contributed by atoms with Crippen LogP contribution in [-0.2, 0) is 6.42 Å². The predicted octanol–water partition coefficient (Wildman–Crippen LogP) is 4.24. The summed E-state index contributed by atoms with van der Waals surface area (Å²) in [4.78, 5) is 6.99. The summed E-state index contributed by atoms with van der Waals surface area (Å²) in [7, 11) is 0. The molecule has 3 rings (SSSR count). The van der Waals surface area contributed by atoms with Gasteiger partial charge in [0.1, 0.15) is 11.6 Å². The van der Waals surface area contributed by atoms with E-state index < -0.39 is 0 Å². The van der Waals surface area contributed by atoms with Gasteiger partial charge in [-0.25, -0.2) is 9.37 Å². The second-order valence-corrected chi connectivity index (χ2v) is 6.96. The standard InChI is InChI=1S/C19H25FN2O/c1-14(2)12-22-8-4-6-16(13-22)19-21-11-18(23-19)10-15-5-3-7-17(20)9-15/h3,5,7,9,11,14,16H,4,6,8,10,12-13H2,1-2H3/t16-/m0/s1. The average Bonchev–Trinajstić information content (AvgIpc) is 2.95. The lowest BCUT2D eigenvalue weighted by Gasteiger charge is -2.32. The van der Waals surface area contributed by atoms with E-state index in [0.29, 0.717) is 18.3 Å². The van der Waals surface area contributed by atoms with E-state index in [0.717, 1.165) is 36.7 Å². The Morgan fingerprint density at radius 3 is 3.04 bits per heavy atom. The van der Waals surface area contributed by atoms with E-state index in [4.69, 9.17) is 4.42 Å². The van der Waals surface area contributed by atoms with Gasteiger partial charge in [0.05, 0.1) is 6.20 Å². The number of nitrogens with zero attached hydrogens (tertiary/aromatic N) is 2. The molecular weight excluding hydrogens is 291 g/mol. The zero-order valence-corrected chi connectivity index (χ0v) is 14.0. The van der Waals surface area contributed by atoms with Crippen LogP contribution in [0.5, 0.6) is 0 Å². The number of hydrogen-bond acceptors (Lipinski definition) is 3. The van der Waals surface area contributed by atoms with Gasteiger partial charge in [0, 0.05) is 25.4 Å². The maximum atomic E-state index is 13.3. The summed E-state index contributed by atoms with van der Waals surface area (Å²) < 4.78 is 19.2. The molecule has 0 amide bonds. The molecule has 0 unspecified atom stereocenters. The zero-order chi connectivity index (χ0) is 16.2. The highest BCUT2D eigenvalue weighted by molar-refractivity contribution is 5.21. The van der Waals surface area contributed by atoms with E-state index in [2.05, 4.69) is 23.7 Å². The minimum atomic E-state index is -0.209. The van der Waals surface area contributed by atoms with Crippen LogP contribution in [0.1, 0.15) is 49.8 Å². The number of aromatic nitrogens is 1. The van der Waals surface area contributed by atoms with Gasteiger partial charge in [-0.3, -0.25) is 0 Å². The van der Waals surface area contributed by atoms with Crippen LogP contribution < -0.4 is 0 Å². The van der Waals surface area contributed by atoms with Gasteiger partial charge in [-0.05, 0) is 43.0 Å². The molecule has 1 atom stereocenters. The first-order chi connectivity index (χ1) is 11.1. The SMILES string of the molecule is CC(C)CN1CCC[C@H](c2ncc(Cc3cccc(F)c3)o2)C1. The summed E-state index contributed by atoms with van der Waals surface area (Å²) in [6, 6.07) is 6.65. The van der Waals surface area contributed by atoms with Crippen LogP contribution in [0.25, 0.3) is 0 Å². The van der Waals surface area contributed by atoms with Gasteiger partial charge in [0.2, 0.25) is 0 Å². The third-order valence-electron chi connectivity index (χ3n) is 4.32. The molecule has 2 aromatic rings. The third-order valence-corrected chi connectivity index (χ3v) is 4.32. The molecule has 1 aromatic carbocycles. The number of halogens is 1. The lowest BCUT2D eigenvalue weighted by Crippen LogP contribution is -2.36. The number of likely N-dealkylation sites (tertiary alicyclic amines) is 1. The first kappa shape index (κ1) is 16.2. The summed E-state index contributed by atoms with van der Waals surface area (Å²) in [5, 5.41) is 0. The number of piperidine rings is 1. The summed E-state index contributed by atoms with van der Waals surface area (Å²) >= 11 is 0. The lowest BCUT2D eigenvalue weighted by molar-refractivity contribution is 0.175. The predicted molar refractivity (Wildman–Crippen MR) is 89.0 cm³/mol. The minimum absolute atomic E-state index is 0.209. The Morgan fingerprint density at radius 1 is 1.39 bits per heavy atom. The molecule has 0 saturated carbocycles. The quantitative estimate of drug-likeness (QED) is 0.826. The molecule has 23 heavy (non-hydrogen) atoms. The fourth-order valence-corrected chi connectivity index (χ4v) is 3.38. The third kappa shape index (κ3) is 4.41. The summed E-state index contributed by atoms with van der Waals surface area (Å²) in [6.45, 7) is 7.84. The lowest BCUT2D eigenvalue weighted by atomic mass is 9.97. The highest BCUT2D eigenvalue weighted by Crippen LogP contribution is 2.27. The Labute approximate surface area is 137 Å². The van der Waals surface area contributed by atoms with Crippen molar-refractivity contribution in [3.05, 3.63) is 53.5 Å². The average molecular weight is 316 g/mol. The van der Waals surface area contributed by atoms with E-state index in [9.17, 15) is 4.39 Å². The molecule has 1 fully saturated rings. The largest absolute Gasteiger partial charge is 0.445 e. The molecule has 1 aliphatic heterocycles. The molecule has 4 heteroatoms. The van der Waals surface area contributed by atoms with Gasteiger partial charge < -0.3 is 9.32 Å². The smallest absolute Gasteiger partial charge is 0.198 e. The van der Waals surface area contributed by atoms with Crippen molar-refractivity contribution in [3.8, 4) is 0 Å². The Morgan fingerprint density at radius 2 is 2.26 bits per heavy atom. The van der Waals surface area contributed by atoms with Gasteiger partial charge >= 0.3 is 0 Å². The van der Waals surface area contributed by atoms with Crippen LogP contribution in [0.2, 0.25) is 0 Å². The van der Waals surface area contributed by atoms with E-state index >= 15 is 0 Å². The van der Waals surface area contributed by atoms with Gasteiger partial charge in [-0.2, -0.15) is 0 Å². The highest BCUT2D eigenvalue weighted by Gasteiger charge is 2.25. The molecule has 0 N–H and O–H groups in total. The van der Waals surface area contributed by atoms with Crippen LogP contribution in [0.3, 0.4) is 0 Å². The van der Waals surface area contributed by atoms with E-state index in [1.807, 2.05) is 6.07 Å². The number of rotatable bonds is 5. The molecular formula is C19H25FN2O. The maximum absolute atomic E-state index is 13.3. The van der Waals surface area contributed by atoms with Crippen molar-refractivity contribution in [3.63, 3.8) is 0 Å². The van der Waals surface area contributed by atoms with E-state index in [1.165, 1.54) is 19.0 Å². The molecule has 0 spiro atoms. The molecule has 1 saturated heterocycles. The van der Waals surface area contributed by atoms with Gasteiger partial charge in [-0.15, -0.1) is 0 Å². The molecule has 3 nitrogen and oxygen atoms in total. The van der Waals surface area contributed by atoms with Crippen molar-refractivity contribution in [2.75, 3.05) is 19.6 Å². The van der Waals surface area contributed by atoms with Crippen molar-refractivity contribution in [1.29, 1.82) is 0 Å². The van der Waals surface area contributed by atoms with Crippen LogP contribution in [0, 0.1) is 11.7 Å². The molecule has 0 radical (unpaired) electrons. The Bertz CT molecular complexity index is 638. The molecule has 1 aromatic heterocycles. The van der Waals surface area contributed by atoms with Gasteiger partial charge in [-0.1, -0.05) is 26.0 Å². The number of hydrogen-bond donors (Lipinski definition) is 0. The minimum Gasteiger partial charge on any atom is -0.445 e. The monoisotopic (exact) mass is 316 g/mol. The highest BCUT2D eigenvalue weighted by atomic mass is 19.1. The topological polar surface area (TPSA) is 29.3 Å². The molecule has 1 aliphatic rings. The second kappa shape index (κ2) is 7.26. The first-order valence-corrected chi connectivity index (χ1v) is 8.51. The van der Waals surface area contributed by atoms with E-state index in [-0.39, 0.29) is 5.82 Å². The van der Waals surface area contributed by atoms with Crippen LogP contribution >= 0.6 is 0 Å². The van der Waals surface area contributed by atoms with E-state index in [1.54, 1.807) is 18.3 Å². The second-order valence-electron chi connectivity index (χ2n) is 6.96. The van der Waals surface area contributed by atoms with Crippen molar-refractivity contribution in [2.45, 2.75) is 39.0 Å². The normalized spacial score (nSPS) is 19.4. The zero-order valence-electron chi connectivity index (χ0n) is 14.0.